The van der Waals surface area contributed by atoms with Gasteiger partial charge in [-0.2, -0.15) is 13.2 Å². The SMILES string of the molecule is COCC(=O)Nc1ccc(C(F)(F)F)cc1NC(=O)c1ccc(C)c(-c2ccc3nc(NCCN4CCCCC4)ncc3c2)c1. The van der Waals surface area contributed by atoms with Crippen LogP contribution in [0.1, 0.15) is 40.7 Å². The van der Waals surface area contributed by atoms with Crippen LogP contribution in [-0.4, -0.2) is 66.6 Å². The van der Waals surface area contributed by atoms with E-state index in [9.17, 15) is 22.8 Å². The van der Waals surface area contributed by atoms with Crippen molar-refractivity contribution in [3.63, 3.8) is 0 Å². The van der Waals surface area contributed by atoms with Crippen molar-refractivity contribution in [2.75, 3.05) is 55.8 Å². The van der Waals surface area contributed by atoms with Crippen molar-refractivity contribution < 1.29 is 27.5 Å². The Bertz CT molecular complexity index is 1690. The number of amides is 2. The van der Waals surface area contributed by atoms with Crippen molar-refractivity contribution in [2.24, 2.45) is 0 Å². The van der Waals surface area contributed by atoms with Gasteiger partial charge >= 0.3 is 6.18 Å². The summed E-state index contributed by atoms with van der Waals surface area (Å²) < 4.78 is 45.1. The first-order chi connectivity index (χ1) is 21.6. The van der Waals surface area contributed by atoms with Gasteiger partial charge in [0.1, 0.15) is 6.61 Å². The summed E-state index contributed by atoms with van der Waals surface area (Å²) in [5.41, 5.74) is 2.35. The molecular weight excluding hydrogens is 585 g/mol. The Morgan fingerprint density at radius 3 is 2.51 bits per heavy atom. The van der Waals surface area contributed by atoms with E-state index in [0.29, 0.717) is 5.95 Å². The molecule has 1 aliphatic heterocycles. The molecule has 9 nitrogen and oxygen atoms in total. The fourth-order valence-corrected chi connectivity index (χ4v) is 5.31. The molecule has 0 atom stereocenters. The second-order valence-electron chi connectivity index (χ2n) is 11.0. The number of nitrogens with zero attached hydrogens (tertiary/aromatic N) is 3. The molecule has 0 radical (unpaired) electrons. The number of anilines is 3. The lowest BCUT2D eigenvalue weighted by molar-refractivity contribution is -0.137. The van der Waals surface area contributed by atoms with E-state index in [2.05, 4.69) is 30.8 Å². The molecule has 1 aromatic heterocycles. The summed E-state index contributed by atoms with van der Waals surface area (Å²) in [6.45, 7) is 5.57. The Morgan fingerprint density at radius 1 is 0.956 bits per heavy atom. The van der Waals surface area contributed by atoms with E-state index in [1.165, 1.54) is 26.4 Å². The summed E-state index contributed by atoms with van der Waals surface area (Å²) in [6.07, 6.45) is 0.901. The maximum Gasteiger partial charge on any atom is 0.416 e. The number of aryl methyl sites for hydroxylation is 1. The number of fused-ring (bicyclic) bond motifs is 1. The van der Waals surface area contributed by atoms with Crippen LogP contribution >= 0.6 is 0 Å². The first-order valence-electron chi connectivity index (χ1n) is 14.8. The van der Waals surface area contributed by atoms with Gasteiger partial charge in [-0.15, -0.1) is 0 Å². The summed E-state index contributed by atoms with van der Waals surface area (Å²) in [7, 11) is 1.32. The molecule has 3 N–H and O–H groups in total. The quantitative estimate of drug-likeness (QED) is 0.189. The van der Waals surface area contributed by atoms with Crippen LogP contribution in [0.5, 0.6) is 0 Å². The van der Waals surface area contributed by atoms with Gasteiger partial charge in [0.2, 0.25) is 11.9 Å². The number of aromatic nitrogens is 2. The number of carbonyl (C=O) groups is 2. The molecule has 236 valence electrons. The highest BCUT2D eigenvalue weighted by atomic mass is 19.4. The maximum atomic E-state index is 13.5. The lowest BCUT2D eigenvalue weighted by Gasteiger charge is -2.26. The third-order valence-electron chi connectivity index (χ3n) is 7.70. The van der Waals surface area contributed by atoms with Gasteiger partial charge in [-0.3, -0.25) is 9.59 Å². The molecule has 4 aromatic rings. The molecular formula is C33H35F3N6O3. The highest BCUT2D eigenvalue weighted by molar-refractivity contribution is 6.08. The number of hydrogen-bond donors (Lipinski definition) is 3. The van der Waals surface area contributed by atoms with Crippen LogP contribution in [0.3, 0.4) is 0 Å². The van der Waals surface area contributed by atoms with Gasteiger partial charge in [0.15, 0.2) is 0 Å². The number of alkyl halides is 3. The zero-order valence-electron chi connectivity index (χ0n) is 25.1. The Morgan fingerprint density at radius 2 is 1.76 bits per heavy atom. The normalized spacial score (nSPS) is 13.9. The largest absolute Gasteiger partial charge is 0.416 e. The lowest BCUT2D eigenvalue weighted by Crippen LogP contribution is -2.33. The summed E-state index contributed by atoms with van der Waals surface area (Å²) in [5.74, 6) is -0.650. The number of nitrogens with one attached hydrogen (secondary N) is 3. The zero-order chi connectivity index (χ0) is 32.0. The maximum absolute atomic E-state index is 13.5. The van der Waals surface area contributed by atoms with Crippen molar-refractivity contribution in [2.45, 2.75) is 32.4 Å². The Labute approximate surface area is 259 Å². The monoisotopic (exact) mass is 620 g/mol. The molecule has 12 heteroatoms. The van der Waals surface area contributed by atoms with Crippen LogP contribution in [0.15, 0.2) is 60.8 Å². The average Bonchev–Trinajstić information content (AvgIpc) is 3.02. The third-order valence-corrected chi connectivity index (χ3v) is 7.70. The number of carbonyl (C=O) groups excluding carboxylic acids is 2. The summed E-state index contributed by atoms with van der Waals surface area (Å²) >= 11 is 0. The van der Waals surface area contributed by atoms with E-state index < -0.39 is 23.6 Å². The average molecular weight is 621 g/mol. The number of methoxy groups -OCH3 is 1. The molecule has 0 unspecified atom stereocenters. The van der Waals surface area contributed by atoms with Crippen molar-refractivity contribution >= 4 is 40.0 Å². The minimum absolute atomic E-state index is 0.0145. The van der Waals surface area contributed by atoms with Gasteiger partial charge < -0.3 is 25.6 Å². The molecule has 0 bridgehead atoms. The second-order valence-corrected chi connectivity index (χ2v) is 11.0. The number of hydrogen-bond acceptors (Lipinski definition) is 7. The van der Waals surface area contributed by atoms with E-state index in [-0.39, 0.29) is 23.5 Å². The fraction of sp³-hybridized carbons (Fsp3) is 0.333. The van der Waals surface area contributed by atoms with Crippen molar-refractivity contribution in [3.8, 4) is 11.1 Å². The van der Waals surface area contributed by atoms with Crippen LogP contribution in [-0.2, 0) is 15.7 Å². The number of piperidine rings is 1. The topological polar surface area (TPSA) is 108 Å². The minimum atomic E-state index is -4.64. The van der Waals surface area contributed by atoms with Crippen molar-refractivity contribution in [1.29, 1.82) is 0 Å². The van der Waals surface area contributed by atoms with E-state index >= 15 is 0 Å². The van der Waals surface area contributed by atoms with Gasteiger partial charge in [0.25, 0.3) is 5.91 Å². The number of halogens is 3. The third kappa shape index (κ3) is 8.14. The van der Waals surface area contributed by atoms with Crippen LogP contribution in [0.25, 0.3) is 22.0 Å². The molecule has 5 rings (SSSR count). The molecule has 3 aromatic carbocycles. The summed E-state index contributed by atoms with van der Waals surface area (Å²) in [4.78, 5) is 37.0. The molecule has 2 heterocycles. The standard InChI is InChI=1S/C33H35F3N6O3/c1-21-6-7-23(31(44)40-29-18-25(33(34,35)36)9-11-28(29)39-30(43)20-45-2)17-26(21)22-8-10-27-24(16-22)19-38-32(41-27)37-12-15-42-13-4-3-5-14-42/h6-11,16-19H,3-5,12-15,20H2,1-2H3,(H,39,43)(H,40,44)(H,37,38,41). The number of likely N-dealkylation sites (tertiary alicyclic amines) is 1. The predicted molar refractivity (Wildman–Crippen MR) is 168 cm³/mol. The van der Waals surface area contributed by atoms with Crippen molar-refractivity contribution in [1.82, 2.24) is 14.9 Å². The smallest absolute Gasteiger partial charge is 0.375 e. The molecule has 2 amide bonds. The van der Waals surface area contributed by atoms with Crippen molar-refractivity contribution in [3.05, 3.63) is 77.5 Å². The molecule has 1 fully saturated rings. The Balaban J connectivity index is 1.34. The molecule has 0 spiro atoms. The predicted octanol–water partition coefficient (Wildman–Crippen LogP) is 6.36. The van der Waals surface area contributed by atoms with Crippen LogP contribution in [0.2, 0.25) is 0 Å². The first-order valence-corrected chi connectivity index (χ1v) is 14.8. The van der Waals surface area contributed by atoms with Gasteiger partial charge in [-0.25, -0.2) is 9.97 Å². The molecule has 0 saturated carbocycles. The fourth-order valence-electron chi connectivity index (χ4n) is 5.31. The number of ether oxygens (including phenoxy) is 1. The van der Waals surface area contributed by atoms with Crippen LogP contribution in [0.4, 0.5) is 30.5 Å². The van der Waals surface area contributed by atoms with E-state index in [1.54, 1.807) is 24.4 Å². The van der Waals surface area contributed by atoms with Crippen LogP contribution in [0, 0.1) is 6.92 Å². The number of rotatable bonds is 10. The highest BCUT2D eigenvalue weighted by Gasteiger charge is 2.31. The lowest BCUT2D eigenvalue weighted by atomic mass is 9.97. The zero-order valence-corrected chi connectivity index (χ0v) is 25.1. The molecule has 1 aliphatic rings. The molecule has 1 saturated heterocycles. The Kier molecular flexibility index (Phi) is 9.94. The molecule has 45 heavy (non-hydrogen) atoms. The van der Waals surface area contributed by atoms with Gasteiger partial charge in [0.05, 0.1) is 22.5 Å². The number of benzene rings is 3. The van der Waals surface area contributed by atoms with E-state index in [1.807, 2.05) is 25.1 Å². The van der Waals surface area contributed by atoms with E-state index in [4.69, 9.17) is 4.74 Å². The minimum Gasteiger partial charge on any atom is -0.375 e. The Hall–Kier alpha value is -4.55. The first kappa shape index (κ1) is 31.9. The highest BCUT2D eigenvalue weighted by Crippen LogP contribution is 2.35. The second kappa shape index (κ2) is 14.0. The van der Waals surface area contributed by atoms with Gasteiger partial charge in [-0.1, -0.05) is 18.6 Å². The van der Waals surface area contributed by atoms with Gasteiger partial charge in [-0.05, 0) is 92.0 Å². The summed E-state index contributed by atoms with van der Waals surface area (Å²) in [5, 5.41) is 9.14. The van der Waals surface area contributed by atoms with Gasteiger partial charge in [0, 0.05) is 37.3 Å². The van der Waals surface area contributed by atoms with Crippen LogP contribution < -0.4 is 16.0 Å². The molecule has 0 aliphatic carbocycles. The van der Waals surface area contributed by atoms with E-state index in [0.717, 1.165) is 72.0 Å². The summed E-state index contributed by atoms with van der Waals surface area (Å²) in [6, 6.07) is 13.5.